The lowest BCUT2D eigenvalue weighted by Gasteiger charge is -2.22. The van der Waals surface area contributed by atoms with Gasteiger partial charge in [0.15, 0.2) is 0 Å². The van der Waals surface area contributed by atoms with Crippen LogP contribution in [-0.2, 0) is 9.47 Å². The molecule has 6 nitrogen and oxygen atoms in total. The molecule has 2 amide bonds. The third-order valence-electron chi connectivity index (χ3n) is 2.52. The van der Waals surface area contributed by atoms with Gasteiger partial charge in [-0.25, -0.2) is 4.79 Å². The van der Waals surface area contributed by atoms with Crippen molar-refractivity contribution in [2.75, 3.05) is 45.8 Å². The highest BCUT2D eigenvalue weighted by atomic mass is 16.5. The molecule has 0 bridgehead atoms. The summed E-state index contributed by atoms with van der Waals surface area (Å²) in [6, 6.07) is 6.16. The van der Waals surface area contributed by atoms with Crippen LogP contribution in [0, 0.1) is 0 Å². The number of rotatable bonds is 7. The van der Waals surface area contributed by atoms with E-state index in [2.05, 4.69) is 5.32 Å². The van der Waals surface area contributed by atoms with Gasteiger partial charge in [0, 0.05) is 39.1 Å². The second-order valence-electron chi connectivity index (χ2n) is 3.95. The summed E-state index contributed by atoms with van der Waals surface area (Å²) in [5.74, 6) is 0.109. The van der Waals surface area contributed by atoms with E-state index < -0.39 is 0 Å². The molecule has 0 saturated carbocycles. The molecule has 6 heteroatoms. The fourth-order valence-corrected chi connectivity index (χ4v) is 1.50. The van der Waals surface area contributed by atoms with E-state index in [1.165, 1.54) is 6.07 Å². The van der Waals surface area contributed by atoms with Crippen molar-refractivity contribution in [1.82, 2.24) is 4.90 Å². The van der Waals surface area contributed by atoms with E-state index in [9.17, 15) is 9.90 Å². The summed E-state index contributed by atoms with van der Waals surface area (Å²) >= 11 is 0. The van der Waals surface area contributed by atoms with Gasteiger partial charge in [-0.3, -0.25) is 0 Å². The first kappa shape index (κ1) is 15.3. The first-order valence-electron chi connectivity index (χ1n) is 6.00. The standard InChI is InChI=1S/C13H20N2O4/c1-18-8-6-15(7-9-19-2)13(17)14-11-4-3-5-12(16)10-11/h3-5,10,16H,6-9H2,1-2H3,(H,14,17). The zero-order chi connectivity index (χ0) is 14.1. The highest BCUT2D eigenvalue weighted by molar-refractivity contribution is 5.89. The zero-order valence-corrected chi connectivity index (χ0v) is 11.3. The number of benzene rings is 1. The molecule has 0 heterocycles. The Kier molecular flexibility index (Phi) is 6.70. The minimum atomic E-state index is -0.250. The molecule has 0 saturated heterocycles. The fraction of sp³-hybridized carbons (Fsp3) is 0.462. The highest BCUT2D eigenvalue weighted by Crippen LogP contribution is 2.15. The summed E-state index contributed by atoms with van der Waals surface area (Å²) in [5, 5.41) is 12.1. The molecule has 0 aliphatic carbocycles. The predicted molar refractivity (Wildman–Crippen MR) is 72.5 cm³/mol. The van der Waals surface area contributed by atoms with Gasteiger partial charge < -0.3 is 24.8 Å². The van der Waals surface area contributed by atoms with Crippen LogP contribution < -0.4 is 5.32 Å². The Morgan fingerprint density at radius 1 is 1.26 bits per heavy atom. The summed E-state index contributed by atoms with van der Waals surface area (Å²) in [4.78, 5) is 13.7. The van der Waals surface area contributed by atoms with Crippen molar-refractivity contribution < 1.29 is 19.4 Å². The van der Waals surface area contributed by atoms with Gasteiger partial charge in [0.2, 0.25) is 0 Å². The first-order valence-corrected chi connectivity index (χ1v) is 6.00. The lowest BCUT2D eigenvalue weighted by Crippen LogP contribution is -2.39. The van der Waals surface area contributed by atoms with Gasteiger partial charge in [-0.15, -0.1) is 0 Å². The Labute approximate surface area is 112 Å². The van der Waals surface area contributed by atoms with Crippen LogP contribution in [0.2, 0.25) is 0 Å². The third-order valence-corrected chi connectivity index (χ3v) is 2.52. The van der Waals surface area contributed by atoms with Crippen LogP contribution in [0.25, 0.3) is 0 Å². The van der Waals surface area contributed by atoms with Gasteiger partial charge in [0.1, 0.15) is 5.75 Å². The van der Waals surface area contributed by atoms with Crippen LogP contribution in [0.3, 0.4) is 0 Å². The molecule has 0 unspecified atom stereocenters. The average molecular weight is 268 g/mol. The molecule has 106 valence electrons. The fourth-order valence-electron chi connectivity index (χ4n) is 1.50. The van der Waals surface area contributed by atoms with Gasteiger partial charge in [-0.05, 0) is 12.1 Å². The molecule has 0 fully saturated rings. The molecule has 0 atom stereocenters. The molecule has 1 aromatic carbocycles. The summed E-state index contributed by atoms with van der Waals surface area (Å²) in [7, 11) is 3.17. The van der Waals surface area contributed by atoms with Crippen molar-refractivity contribution in [3.8, 4) is 5.75 Å². The van der Waals surface area contributed by atoms with Crippen molar-refractivity contribution >= 4 is 11.7 Å². The smallest absolute Gasteiger partial charge is 0.322 e. The minimum absolute atomic E-state index is 0.109. The molecule has 0 aliphatic rings. The quantitative estimate of drug-likeness (QED) is 0.786. The molecular formula is C13H20N2O4. The Morgan fingerprint density at radius 3 is 2.42 bits per heavy atom. The van der Waals surface area contributed by atoms with Gasteiger partial charge in [0.25, 0.3) is 0 Å². The minimum Gasteiger partial charge on any atom is -0.508 e. The van der Waals surface area contributed by atoms with Crippen molar-refractivity contribution in [2.24, 2.45) is 0 Å². The van der Waals surface area contributed by atoms with E-state index in [-0.39, 0.29) is 11.8 Å². The third kappa shape index (κ3) is 5.58. The van der Waals surface area contributed by atoms with Crippen molar-refractivity contribution in [3.05, 3.63) is 24.3 Å². The van der Waals surface area contributed by atoms with Crippen LogP contribution in [0.4, 0.5) is 10.5 Å². The average Bonchev–Trinajstić information content (AvgIpc) is 2.38. The number of nitrogens with one attached hydrogen (secondary N) is 1. The van der Waals surface area contributed by atoms with Gasteiger partial charge in [0.05, 0.1) is 13.2 Å². The number of methoxy groups -OCH3 is 2. The van der Waals surface area contributed by atoms with Gasteiger partial charge in [-0.1, -0.05) is 6.07 Å². The Balaban J connectivity index is 2.59. The molecule has 1 aromatic rings. The van der Waals surface area contributed by atoms with Crippen LogP contribution in [0.5, 0.6) is 5.75 Å². The second-order valence-corrected chi connectivity index (χ2v) is 3.95. The maximum atomic E-state index is 12.1. The molecule has 0 radical (unpaired) electrons. The zero-order valence-electron chi connectivity index (χ0n) is 11.3. The molecule has 1 rings (SSSR count). The normalized spacial score (nSPS) is 10.2. The molecular weight excluding hydrogens is 248 g/mol. The number of urea groups is 1. The van der Waals surface area contributed by atoms with E-state index in [1.54, 1.807) is 37.3 Å². The van der Waals surface area contributed by atoms with Crippen molar-refractivity contribution in [3.63, 3.8) is 0 Å². The van der Waals surface area contributed by atoms with Crippen molar-refractivity contribution in [1.29, 1.82) is 0 Å². The van der Waals surface area contributed by atoms with E-state index in [0.717, 1.165) is 0 Å². The van der Waals surface area contributed by atoms with E-state index in [4.69, 9.17) is 9.47 Å². The Hall–Kier alpha value is -1.79. The molecule has 0 spiro atoms. The summed E-state index contributed by atoms with van der Waals surface area (Å²) in [6.45, 7) is 1.86. The predicted octanol–water partition coefficient (Wildman–Crippen LogP) is 1.52. The lowest BCUT2D eigenvalue weighted by molar-refractivity contribution is 0.127. The number of hydrogen-bond donors (Lipinski definition) is 2. The maximum Gasteiger partial charge on any atom is 0.322 e. The first-order chi connectivity index (χ1) is 9.17. The summed E-state index contributed by atoms with van der Waals surface area (Å²) in [5.41, 5.74) is 0.546. The molecule has 0 aromatic heterocycles. The topological polar surface area (TPSA) is 71.0 Å². The second kappa shape index (κ2) is 8.34. The van der Waals surface area contributed by atoms with Crippen LogP contribution in [0.1, 0.15) is 0 Å². The van der Waals surface area contributed by atoms with Crippen LogP contribution in [-0.4, -0.2) is 56.6 Å². The Morgan fingerprint density at radius 2 is 1.89 bits per heavy atom. The number of anilines is 1. The summed E-state index contributed by atoms with van der Waals surface area (Å²) < 4.78 is 9.94. The number of hydrogen-bond acceptors (Lipinski definition) is 4. The molecule has 19 heavy (non-hydrogen) atoms. The lowest BCUT2D eigenvalue weighted by atomic mass is 10.3. The van der Waals surface area contributed by atoms with Gasteiger partial charge in [-0.2, -0.15) is 0 Å². The SMILES string of the molecule is COCCN(CCOC)C(=O)Nc1cccc(O)c1. The number of amides is 2. The number of phenolic OH excluding ortho intramolecular Hbond substituents is 1. The van der Waals surface area contributed by atoms with Crippen molar-refractivity contribution in [2.45, 2.75) is 0 Å². The molecule has 2 N–H and O–H groups in total. The number of ether oxygens (including phenoxy) is 2. The Bertz CT molecular complexity index is 390. The van der Waals surface area contributed by atoms with Crippen LogP contribution in [0.15, 0.2) is 24.3 Å². The number of nitrogens with zero attached hydrogens (tertiary/aromatic N) is 1. The van der Waals surface area contributed by atoms with Gasteiger partial charge >= 0.3 is 6.03 Å². The van der Waals surface area contributed by atoms with E-state index >= 15 is 0 Å². The number of carbonyl (C=O) groups is 1. The monoisotopic (exact) mass is 268 g/mol. The largest absolute Gasteiger partial charge is 0.508 e. The van der Waals surface area contributed by atoms with Crippen LogP contribution >= 0.6 is 0 Å². The molecule has 0 aliphatic heterocycles. The highest BCUT2D eigenvalue weighted by Gasteiger charge is 2.13. The summed E-state index contributed by atoms with van der Waals surface area (Å²) in [6.07, 6.45) is 0. The number of phenols is 1. The maximum absolute atomic E-state index is 12.1. The number of aromatic hydroxyl groups is 1. The van der Waals surface area contributed by atoms with E-state index in [0.29, 0.717) is 32.0 Å². The number of carbonyl (C=O) groups excluding carboxylic acids is 1. The van der Waals surface area contributed by atoms with E-state index in [1.807, 2.05) is 0 Å².